The highest BCUT2D eigenvalue weighted by atomic mass is 16.2. The Bertz CT molecular complexity index is 194. The van der Waals surface area contributed by atoms with Gasteiger partial charge in [-0.25, -0.2) is 0 Å². The number of rotatable bonds is 6. The molecule has 0 aromatic rings. The Labute approximate surface area is 84.8 Å². The number of hydrogen-bond acceptors (Lipinski definition) is 3. The fourth-order valence-corrected chi connectivity index (χ4v) is 1.00. The summed E-state index contributed by atoms with van der Waals surface area (Å²) in [4.78, 5) is 23.5. The highest BCUT2D eigenvalue weighted by Gasteiger charge is 2.04. The highest BCUT2D eigenvalue weighted by Crippen LogP contribution is 1.80. The topological polar surface area (TPSA) is 61.4 Å². The minimum Gasteiger partial charge on any atom is -0.355 e. The second-order valence-electron chi connectivity index (χ2n) is 3.17. The van der Waals surface area contributed by atoms with Gasteiger partial charge in [0.1, 0.15) is 0 Å². The van der Waals surface area contributed by atoms with Gasteiger partial charge in [-0.3, -0.25) is 14.5 Å². The first-order valence-corrected chi connectivity index (χ1v) is 4.76. The minimum atomic E-state index is -0.0450. The van der Waals surface area contributed by atoms with Crippen LogP contribution in [-0.4, -0.2) is 49.9 Å². The Morgan fingerprint density at radius 2 is 1.93 bits per heavy atom. The number of carbonyl (C=O) groups excluding carboxylic acids is 2. The maximum atomic E-state index is 11.1. The van der Waals surface area contributed by atoms with E-state index in [1.165, 1.54) is 6.92 Å². The molecule has 0 saturated carbocycles. The summed E-state index contributed by atoms with van der Waals surface area (Å²) in [5, 5.41) is 5.38. The third-order valence-electron chi connectivity index (χ3n) is 1.65. The van der Waals surface area contributed by atoms with Crippen LogP contribution in [0, 0.1) is 0 Å². The molecule has 0 aliphatic heterocycles. The van der Waals surface area contributed by atoms with E-state index in [1.807, 2.05) is 18.9 Å². The van der Waals surface area contributed by atoms with Gasteiger partial charge < -0.3 is 10.6 Å². The van der Waals surface area contributed by atoms with E-state index in [9.17, 15) is 9.59 Å². The fourth-order valence-electron chi connectivity index (χ4n) is 1.00. The lowest BCUT2D eigenvalue weighted by atomic mass is 10.4. The molecule has 0 spiro atoms. The first-order valence-electron chi connectivity index (χ1n) is 4.76. The van der Waals surface area contributed by atoms with E-state index in [4.69, 9.17) is 0 Å². The second-order valence-corrected chi connectivity index (χ2v) is 3.17. The molecule has 0 fully saturated rings. The lowest BCUT2D eigenvalue weighted by Gasteiger charge is -2.15. The third-order valence-corrected chi connectivity index (χ3v) is 1.65. The summed E-state index contributed by atoms with van der Waals surface area (Å²) in [6, 6.07) is 0. The number of carbonyl (C=O) groups is 2. The van der Waals surface area contributed by atoms with E-state index in [-0.39, 0.29) is 11.8 Å². The van der Waals surface area contributed by atoms with Crippen LogP contribution in [0.4, 0.5) is 0 Å². The molecule has 0 unspecified atom stereocenters. The smallest absolute Gasteiger partial charge is 0.234 e. The van der Waals surface area contributed by atoms with Crippen molar-refractivity contribution in [2.75, 3.05) is 33.2 Å². The van der Waals surface area contributed by atoms with Gasteiger partial charge in [-0.1, -0.05) is 0 Å². The lowest BCUT2D eigenvalue weighted by Crippen LogP contribution is -2.38. The highest BCUT2D eigenvalue weighted by molar-refractivity contribution is 5.77. The van der Waals surface area contributed by atoms with Gasteiger partial charge in [-0.15, -0.1) is 0 Å². The predicted molar refractivity (Wildman–Crippen MR) is 54.9 cm³/mol. The Morgan fingerprint density at radius 1 is 1.29 bits per heavy atom. The van der Waals surface area contributed by atoms with Crippen LogP contribution in [0.15, 0.2) is 0 Å². The van der Waals surface area contributed by atoms with Crippen molar-refractivity contribution in [2.45, 2.75) is 13.8 Å². The van der Waals surface area contributed by atoms with Gasteiger partial charge in [0, 0.05) is 26.6 Å². The molecule has 0 bridgehead atoms. The molecule has 0 aliphatic rings. The number of amides is 2. The molecule has 2 amide bonds. The second kappa shape index (κ2) is 7.32. The molecular weight excluding hydrogens is 182 g/mol. The summed E-state index contributed by atoms with van der Waals surface area (Å²) in [6.07, 6.45) is 0. The molecule has 0 radical (unpaired) electrons. The number of nitrogens with zero attached hydrogens (tertiary/aromatic N) is 1. The molecule has 0 saturated heterocycles. The SMILES string of the molecule is CCNC(=O)CN(C)CCNC(C)=O. The largest absolute Gasteiger partial charge is 0.355 e. The molecule has 0 aromatic carbocycles. The van der Waals surface area contributed by atoms with Crippen molar-refractivity contribution in [1.29, 1.82) is 0 Å². The molecule has 0 heterocycles. The average Bonchev–Trinajstić information content (AvgIpc) is 2.03. The van der Waals surface area contributed by atoms with Gasteiger partial charge in [-0.05, 0) is 14.0 Å². The lowest BCUT2D eigenvalue weighted by molar-refractivity contribution is -0.121. The summed E-state index contributed by atoms with van der Waals surface area (Å²) >= 11 is 0. The quantitative estimate of drug-likeness (QED) is 0.591. The zero-order chi connectivity index (χ0) is 11.0. The van der Waals surface area contributed by atoms with Gasteiger partial charge in [0.2, 0.25) is 11.8 Å². The monoisotopic (exact) mass is 201 g/mol. The first kappa shape index (κ1) is 12.9. The van der Waals surface area contributed by atoms with Crippen LogP contribution in [0.1, 0.15) is 13.8 Å². The maximum Gasteiger partial charge on any atom is 0.234 e. The van der Waals surface area contributed by atoms with Crippen molar-refractivity contribution in [3.8, 4) is 0 Å². The van der Waals surface area contributed by atoms with E-state index in [2.05, 4.69) is 10.6 Å². The summed E-state index contributed by atoms with van der Waals surface area (Å²) in [6.45, 7) is 5.63. The van der Waals surface area contributed by atoms with Crippen molar-refractivity contribution >= 4 is 11.8 Å². The van der Waals surface area contributed by atoms with Crippen LogP contribution in [0.3, 0.4) is 0 Å². The van der Waals surface area contributed by atoms with Crippen molar-refractivity contribution in [2.24, 2.45) is 0 Å². The van der Waals surface area contributed by atoms with Crippen LogP contribution in [-0.2, 0) is 9.59 Å². The summed E-state index contributed by atoms with van der Waals surface area (Å²) < 4.78 is 0. The van der Waals surface area contributed by atoms with E-state index < -0.39 is 0 Å². The molecule has 0 aliphatic carbocycles. The molecule has 82 valence electrons. The fraction of sp³-hybridized carbons (Fsp3) is 0.778. The van der Waals surface area contributed by atoms with Crippen LogP contribution >= 0.6 is 0 Å². The van der Waals surface area contributed by atoms with Crippen LogP contribution in [0.5, 0.6) is 0 Å². The Morgan fingerprint density at radius 3 is 2.43 bits per heavy atom. The molecule has 2 N–H and O–H groups in total. The average molecular weight is 201 g/mol. The number of nitrogens with one attached hydrogen (secondary N) is 2. The third kappa shape index (κ3) is 7.54. The van der Waals surface area contributed by atoms with Gasteiger partial charge in [0.25, 0.3) is 0 Å². The van der Waals surface area contributed by atoms with Crippen LogP contribution < -0.4 is 10.6 Å². The molecular formula is C9H19N3O2. The zero-order valence-electron chi connectivity index (χ0n) is 9.09. The number of likely N-dealkylation sites (N-methyl/N-ethyl adjacent to an activating group) is 2. The van der Waals surface area contributed by atoms with E-state index >= 15 is 0 Å². The Kier molecular flexibility index (Phi) is 6.74. The van der Waals surface area contributed by atoms with Crippen molar-refractivity contribution in [1.82, 2.24) is 15.5 Å². The zero-order valence-corrected chi connectivity index (χ0v) is 9.09. The predicted octanol–water partition coefficient (Wildman–Crippen LogP) is -0.810. The summed E-state index contributed by atoms with van der Waals surface area (Å²) in [7, 11) is 1.84. The normalized spacial score (nSPS) is 10.0. The van der Waals surface area contributed by atoms with Crippen molar-refractivity contribution in [3.63, 3.8) is 0 Å². The van der Waals surface area contributed by atoms with Gasteiger partial charge in [0.05, 0.1) is 6.54 Å². The van der Waals surface area contributed by atoms with E-state index in [0.717, 1.165) is 0 Å². The van der Waals surface area contributed by atoms with Crippen molar-refractivity contribution < 1.29 is 9.59 Å². The molecule has 0 atom stereocenters. The summed E-state index contributed by atoms with van der Waals surface area (Å²) in [5.74, 6) is -0.0331. The van der Waals surface area contributed by atoms with Crippen LogP contribution in [0.25, 0.3) is 0 Å². The van der Waals surface area contributed by atoms with Gasteiger partial charge >= 0.3 is 0 Å². The maximum absolute atomic E-state index is 11.1. The van der Waals surface area contributed by atoms with Crippen molar-refractivity contribution in [3.05, 3.63) is 0 Å². The van der Waals surface area contributed by atoms with Crippen LogP contribution in [0.2, 0.25) is 0 Å². The Balaban J connectivity index is 3.49. The Hall–Kier alpha value is -1.10. The molecule has 0 aromatic heterocycles. The molecule has 14 heavy (non-hydrogen) atoms. The standard InChI is InChI=1S/C9H19N3O2/c1-4-10-9(14)7-12(3)6-5-11-8(2)13/h4-7H2,1-3H3,(H,10,14)(H,11,13). The van der Waals surface area contributed by atoms with E-state index in [0.29, 0.717) is 26.2 Å². The number of hydrogen-bond donors (Lipinski definition) is 2. The minimum absolute atomic E-state index is 0.0119. The van der Waals surface area contributed by atoms with Gasteiger partial charge in [0.15, 0.2) is 0 Å². The molecule has 5 nitrogen and oxygen atoms in total. The summed E-state index contributed by atoms with van der Waals surface area (Å²) in [5.41, 5.74) is 0. The molecule has 5 heteroatoms. The van der Waals surface area contributed by atoms with Gasteiger partial charge in [-0.2, -0.15) is 0 Å². The first-order chi connectivity index (χ1) is 6.56. The van der Waals surface area contributed by atoms with E-state index in [1.54, 1.807) is 0 Å². The molecule has 0 rings (SSSR count).